The maximum Gasteiger partial charge on any atom is 0.285 e. The monoisotopic (exact) mass is 223 g/mol. The zero-order valence-electron chi connectivity index (χ0n) is 8.10. The maximum atomic E-state index is 11.4. The Kier molecular flexibility index (Phi) is 3.46. The SMILES string of the molecule is COC1CCCN(OS(C)(=O)=O)C1=O. The molecule has 0 N–H and O–H groups in total. The van der Waals surface area contributed by atoms with Gasteiger partial charge in [0, 0.05) is 7.11 Å². The molecule has 0 aromatic carbocycles. The van der Waals surface area contributed by atoms with Crippen LogP contribution < -0.4 is 0 Å². The second-order valence-electron chi connectivity index (χ2n) is 3.09. The van der Waals surface area contributed by atoms with Crippen LogP contribution in [0.25, 0.3) is 0 Å². The first kappa shape index (κ1) is 11.4. The van der Waals surface area contributed by atoms with Crippen molar-refractivity contribution >= 4 is 16.0 Å². The molecule has 1 saturated heterocycles. The minimum atomic E-state index is -3.64. The first-order chi connectivity index (χ1) is 6.44. The average Bonchev–Trinajstić information content (AvgIpc) is 2.06. The number of hydrogen-bond acceptors (Lipinski definition) is 5. The summed E-state index contributed by atoms with van der Waals surface area (Å²) in [4.78, 5) is 11.4. The van der Waals surface area contributed by atoms with Gasteiger partial charge in [0.15, 0.2) is 0 Å². The quantitative estimate of drug-likeness (QED) is 0.646. The number of nitrogens with zero attached hydrogens (tertiary/aromatic N) is 1. The summed E-state index contributed by atoms with van der Waals surface area (Å²) in [5.41, 5.74) is 0. The van der Waals surface area contributed by atoms with Crippen molar-refractivity contribution in [3.63, 3.8) is 0 Å². The van der Waals surface area contributed by atoms with Crippen LogP contribution in [0, 0.1) is 0 Å². The summed E-state index contributed by atoms with van der Waals surface area (Å²) in [6, 6.07) is 0. The van der Waals surface area contributed by atoms with Crippen LogP contribution in [0.5, 0.6) is 0 Å². The molecule has 1 amide bonds. The van der Waals surface area contributed by atoms with E-state index in [1.165, 1.54) is 7.11 Å². The van der Waals surface area contributed by atoms with E-state index in [1.54, 1.807) is 0 Å². The smallest absolute Gasteiger partial charge is 0.285 e. The van der Waals surface area contributed by atoms with Gasteiger partial charge in [0.1, 0.15) is 6.10 Å². The lowest BCUT2D eigenvalue weighted by Crippen LogP contribution is -2.45. The van der Waals surface area contributed by atoms with Crippen molar-refractivity contribution in [3.05, 3.63) is 0 Å². The molecule has 6 nitrogen and oxygen atoms in total. The number of methoxy groups -OCH3 is 1. The van der Waals surface area contributed by atoms with Crippen LogP contribution in [-0.2, 0) is 23.9 Å². The van der Waals surface area contributed by atoms with Crippen molar-refractivity contribution in [1.82, 2.24) is 5.06 Å². The summed E-state index contributed by atoms with van der Waals surface area (Å²) >= 11 is 0. The molecular weight excluding hydrogens is 210 g/mol. The summed E-state index contributed by atoms with van der Waals surface area (Å²) in [6.45, 7) is 0.283. The van der Waals surface area contributed by atoms with Gasteiger partial charge in [-0.2, -0.15) is 8.42 Å². The van der Waals surface area contributed by atoms with Crippen LogP contribution in [0.4, 0.5) is 0 Å². The van der Waals surface area contributed by atoms with E-state index in [0.29, 0.717) is 12.8 Å². The summed E-state index contributed by atoms with van der Waals surface area (Å²) in [5.74, 6) is -0.441. The first-order valence-corrected chi connectivity index (χ1v) is 5.99. The number of piperidine rings is 1. The molecule has 0 aromatic heterocycles. The van der Waals surface area contributed by atoms with Gasteiger partial charge in [-0.05, 0) is 12.8 Å². The number of carbonyl (C=O) groups excluding carboxylic acids is 1. The zero-order valence-corrected chi connectivity index (χ0v) is 8.91. The molecule has 1 aliphatic rings. The normalized spacial score (nSPS) is 24.0. The van der Waals surface area contributed by atoms with Gasteiger partial charge in [0.2, 0.25) is 0 Å². The lowest BCUT2D eigenvalue weighted by Gasteiger charge is -2.28. The molecule has 7 heteroatoms. The number of hydrogen-bond donors (Lipinski definition) is 0. The Morgan fingerprint density at radius 2 is 2.14 bits per heavy atom. The van der Waals surface area contributed by atoms with Crippen molar-refractivity contribution in [1.29, 1.82) is 0 Å². The number of hydroxylamine groups is 2. The second-order valence-corrected chi connectivity index (χ2v) is 4.64. The minimum Gasteiger partial charge on any atom is -0.372 e. The Hall–Kier alpha value is -0.660. The van der Waals surface area contributed by atoms with E-state index in [2.05, 4.69) is 4.28 Å². The standard InChI is InChI=1S/C7H13NO5S/c1-12-6-4-3-5-8(7(6)9)13-14(2,10)11/h6H,3-5H2,1-2H3. The van der Waals surface area contributed by atoms with Gasteiger partial charge in [0.25, 0.3) is 16.0 Å². The summed E-state index contributed by atoms with van der Waals surface area (Å²) in [6.07, 6.45) is 1.57. The van der Waals surface area contributed by atoms with Crippen molar-refractivity contribution < 1.29 is 22.2 Å². The van der Waals surface area contributed by atoms with Gasteiger partial charge in [-0.1, -0.05) is 0 Å². The van der Waals surface area contributed by atoms with E-state index < -0.39 is 22.1 Å². The van der Waals surface area contributed by atoms with Gasteiger partial charge >= 0.3 is 0 Å². The molecule has 1 unspecified atom stereocenters. The molecule has 1 heterocycles. The van der Waals surface area contributed by atoms with E-state index in [1.807, 2.05) is 0 Å². The highest BCUT2D eigenvalue weighted by molar-refractivity contribution is 7.85. The molecule has 1 atom stereocenters. The topological polar surface area (TPSA) is 72.9 Å². The number of ether oxygens (including phenoxy) is 1. The van der Waals surface area contributed by atoms with Crippen LogP contribution in [0.2, 0.25) is 0 Å². The molecule has 0 aliphatic carbocycles. The third-order valence-corrected chi connectivity index (χ3v) is 2.31. The molecular formula is C7H13NO5S. The van der Waals surface area contributed by atoms with E-state index in [9.17, 15) is 13.2 Å². The van der Waals surface area contributed by atoms with Crippen LogP contribution in [0.1, 0.15) is 12.8 Å². The fraction of sp³-hybridized carbons (Fsp3) is 0.857. The molecule has 0 bridgehead atoms. The Morgan fingerprint density at radius 3 is 2.64 bits per heavy atom. The van der Waals surface area contributed by atoms with Crippen molar-refractivity contribution in [2.75, 3.05) is 19.9 Å². The van der Waals surface area contributed by atoms with Crippen molar-refractivity contribution in [2.45, 2.75) is 18.9 Å². The van der Waals surface area contributed by atoms with Crippen LogP contribution in [0.3, 0.4) is 0 Å². The lowest BCUT2D eigenvalue weighted by molar-refractivity contribution is -0.174. The summed E-state index contributed by atoms with van der Waals surface area (Å²) in [5, 5.41) is 0.840. The molecule has 82 valence electrons. The predicted octanol–water partition coefficient (Wildman–Crippen LogP) is -0.485. The summed E-state index contributed by atoms with van der Waals surface area (Å²) in [7, 11) is -2.23. The Morgan fingerprint density at radius 1 is 1.50 bits per heavy atom. The molecule has 0 radical (unpaired) electrons. The van der Waals surface area contributed by atoms with Crippen LogP contribution in [-0.4, -0.2) is 45.4 Å². The van der Waals surface area contributed by atoms with Gasteiger partial charge < -0.3 is 4.74 Å². The Bertz CT molecular complexity index is 312. The van der Waals surface area contributed by atoms with E-state index in [0.717, 1.165) is 11.3 Å². The highest BCUT2D eigenvalue weighted by Gasteiger charge is 2.31. The van der Waals surface area contributed by atoms with Crippen LogP contribution >= 0.6 is 0 Å². The lowest BCUT2D eigenvalue weighted by atomic mass is 10.1. The van der Waals surface area contributed by atoms with Crippen molar-refractivity contribution in [2.24, 2.45) is 0 Å². The highest BCUT2D eigenvalue weighted by atomic mass is 32.2. The minimum absolute atomic E-state index is 0.283. The summed E-state index contributed by atoms with van der Waals surface area (Å²) < 4.78 is 30.9. The molecule has 14 heavy (non-hydrogen) atoms. The Labute approximate surface area is 82.9 Å². The maximum absolute atomic E-state index is 11.4. The Balaban J connectivity index is 2.66. The van der Waals surface area contributed by atoms with Crippen molar-refractivity contribution in [3.8, 4) is 0 Å². The number of carbonyl (C=O) groups is 1. The fourth-order valence-corrected chi connectivity index (χ4v) is 1.75. The van der Waals surface area contributed by atoms with E-state index >= 15 is 0 Å². The highest BCUT2D eigenvalue weighted by Crippen LogP contribution is 2.15. The first-order valence-electron chi connectivity index (χ1n) is 4.18. The fourth-order valence-electron chi connectivity index (χ4n) is 1.27. The van der Waals surface area contributed by atoms with Crippen LogP contribution in [0.15, 0.2) is 0 Å². The largest absolute Gasteiger partial charge is 0.372 e. The van der Waals surface area contributed by atoms with E-state index in [-0.39, 0.29) is 6.54 Å². The molecule has 1 rings (SSSR count). The number of amides is 1. The van der Waals surface area contributed by atoms with Gasteiger partial charge in [0.05, 0.1) is 12.8 Å². The van der Waals surface area contributed by atoms with Gasteiger partial charge in [-0.15, -0.1) is 4.28 Å². The zero-order chi connectivity index (χ0) is 10.8. The second kappa shape index (κ2) is 4.24. The molecule has 1 fully saturated rings. The molecule has 1 aliphatic heterocycles. The third-order valence-electron chi connectivity index (χ3n) is 1.86. The molecule has 0 spiro atoms. The van der Waals surface area contributed by atoms with E-state index in [4.69, 9.17) is 4.74 Å². The third kappa shape index (κ3) is 2.93. The number of rotatable bonds is 3. The van der Waals surface area contributed by atoms with Gasteiger partial charge in [-0.3, -0.25) is 4.79 Å². The predicted molar refractivity (Wildman–Crippen MR) is 47.7 cm³/mol. The average molecular weight is 223 g/mol. The molecule has 0 saturated carbocycles. The van der Waals surface area contributed by atoms with Gasteiger partial charge in [-0.25, -0.2) is 5.06 Å². The molecule has 0 aromatic rings.